The molecule has 0 amide bonds. The smallest absolute Gasteiger partial charge is 0.277 e. The van der Waals surface area contributed by atoms with Crippen LogP contribution in [-0.4, -0.2) is 4.92 Å². The second kappa shape index (κ2) is 6.39. The molecule has 0 spiro atoms. The van der Waals surface area contributed by atoms with Crippen LogP contribution in [0.25, 0.3) is 11.1 Å². The van der Waals surface area contributed by atoms with Crippen molar-refractivity contribution in [3.05, 3.63) is 82.9 Å². The molecule has 0 bridgehead atoms. The van der Waals surface area contributed by atoms with E-state index in [0.717, 1.165) is 5.69 Å². The van der Waals surface area contributed by atoms with Crippen molar-refractivity contribution < 1.29 is 4.92 Å². The molecule has 0 aromatic heterocycles. The van der Waals surface area contributed by atoms with Crippen LogP contribution in [0.2, 0.25) is 0 Å². The lowest BCUT2D eigenvalue weighted by Crippen LogP contribution is -2.25. The Hall–Kier alpha value is -3.38. The van der Waals surface area contributed by atoms with Gasteiger partial charge in [0.2, 0.25) is 0 Å². The maximum atomic E-state index is 11.2. The normalized spacial score (nSPS) is 10.4. The summed E-state index contributed by atoms with van der Waals surface area (Å²) >= 11 is 0. The third-order valence-electron chi connectivity index (χ3n) is 3.74. The van der Waals surface area contributed by atoms with Crippen LogP contribution in [0.15, 0.2) is 72.8 Å². The van der Waals surface area contributed by atoms with Crippen molar-refractivity contribution in [1.29, 1.82) is 0 Å². The van der Waals surface area contributed by atoms with E-state index < -0.39 is 4.92 Å². The van der Waals surface area contributed by atoms with Crippen molar-refractivity contribution in [1.82, 2.24) is 0 Å². The Kier molecular flexibility index (Phi) is 4.13. The van der Waals surface area contributed by atoms with Gasteiger partial charge in [0.25, 0.3) is 5.69 Å². The Balaban J connectivity index is 2.09. The number of rotatable bonds is 4. The number of benzene rings is 3. The first-order valence-electron chi connectivity index (χ1n) is 7.31. The molecule has 0 atom stereocenters. The molecule has 0 saturated carbocycles. The van der Waals surface area contributed by atoms with E-state index >= 15 is 0 Å². The standard InChI is InChI=1S/C18H16N4O2/c19-16-11-10-13(15-8-4-5-9-17(15)22(23)24)12-18(16)21(20)14-6-2-1-3-7-14/h1-12H,19-20H2. The fourth-order valence-electron chi connectivity index (χ4n) is 2.52. The highest BCUT2D eigenvalue weighted by Gasteiger charge is 2.16. The highest BCUT2D eigenvalue weighted by atomic mass is 16.6. The molecule has 3 rings (SSSR count). The van der Waals surface area contributed by atoms with Crippen molar-refractivity contribution in [2.24, 2.45) is 5.84 Å². The summed E-state index contributed by atoms with van der Waals surface area (Å²) < 4.78 is 0. The van der Waals surface area contributed by atoms with Gasteiger partial charge in [-0.3, -0.25) is 15.1 Å². The van der Waals surface area contributed by atoms with Gasteiger partial charge < -0.3 is 5.73 Å². The number of hydrogen-bond acceptors (Lipinski definition) is 5. The highest BCUT2D eigenvalue weighted by Crippen LogP contribution is 2.35. The average Bonchev–Trinajstić information content (AvgIpc) is 2.62. The number of anilines is 3. The second-order valence-corrected chi connectivity index (χ2v) is 5.25. The Morgan fingerprint density at radius 1 is 0.917 bits per heavy atom. The zero-order valence-corrected chi connectivity index (χ0v) is 12.8. The van der Waals surface area contributed by atoms with Gasteiger partial charge in [-0.25, -0.2) is 5.84 Å². The van der Waals surface area contributed by atoms with Gasteiger partial charge in [0.05, 0.1) is 27.5 Å². The predicted octanol–water partition coefficient (Wildman–Crippen LogP) is 3.86. The van der Waals surface area contributed by atoms with E-state index in [9.17, 15) is 10.1 Å². The molecule has 0 aliphatic carbocycles. The quantitative estimate of drug-likeness (QED) is 0.329. The van der Waals surface area contributed by atoms with E-state index in [1.54, 1.807) is 36.4 Å². The molecular weight excluding hydrogens is 304 g/mol. The molecule has 3 aromatic rings. The van der Waals surface area contributed by atoms with Crippen LogP contribution in [0, 0.1) is 10.1 Å². The Labute approximate surface area is 139 Å². The van der Waals surface area contributed by atoms with Crippen LogP contribution < -0.4 is 16.6 Å². The number of nitrogens with two attached hydrogens (primary N) is 2. The van der Waals surface area contributed by atoms with E-state index in [-0.39, 0.29) is 5.69 Å². The first-order valence-corrected chi connectivity index (χ1v) is 7.31. The average molecular weight is 320 g/mol. The highest BCUT2D eigenvalue weighted by molar-refractivity contribution is 5.83. The molecule has 4 N–H and O–H groups in total. The van der Waals surface area contributed by atoms with Gasteiger partial charge in [0, 0.05) is 6.07 Å². The topological polar surface area (TPSA) is 98.4 Å². The number of nitrogen functional groups attached to an aromatic ring is 1. The zero-order chi connectivity index (χ0) is 17.1. The third-order valence-corrected chi connectivity index (χ3v) is 3.74. The van der Waals surface area contributed by atoms with E-state index in [2.05, 4.69) is 0 Å². The summed E-state index contributed by atoms with van der Waals surface area (Å²) in [6.45, 7) is 0. The van der Waals surface area contributed by atoms with Gasteiger partial charge >= 0.3 is 0 Å². The van der Waals surface area contributed by atoms with Crippen molar-refractivity contribution in [2.75, 3.05) is 10.7 Å². The molecule has 0 saturated heterocycles. The summed E-state index contributed by atoms with van der Waals surface area (Å²) in [6, 6.07) is 21.1. The number of nitro benzene ring substituents is 1. The lowest BCUT2D eigenvalue weighted by atomic mass is 10.0. The summed E-state index contributed by atoms with van der Waals surface area (Å²) in [6.07, 6.45) is 0. The molecule has 0 heterocycles. The minimum Gasteiger partial charge on any atom is -0.397 e. The summed E-state index contributed by atoms with van der Waals surface area (Å²) in [5.41, 5.74) is 9.12. The number of para-hydroxylation sites is 2. The second-order valence-electron chi connectivity index (χ2n) is 5.25. The number of hydrogen-bond donors (Lipinski definition) is 2. The molecule has 0 radical (unpaired) electrons. The Morgan fingerprint density at radius 2 is 1.58 bits per heavy atom. The molecule has 0 aliphatic rings. The van der Waals surface area contributed by atoms with E-state index in [1.807, 2.05) is 30.3 Å². The summed E-state index contributed by atoms with van der Waals surface area (Å²) in [4.78, 5) is 10.8. The van der Waals surface area contributed by atoms with Gasteiger partial charge in [-0.05, 0) is 35.9 Å². The van der Waals surface area contributed by atoms with Crippen LogP contribution in [0.4, 0.5) is 22.7 Å². The van der Waals surface area contributed by atoms with Crippen molar-refractivity contribution >= 4 is 22.7 Å². The largest absolute Gasteiger partial charge is 0.397 e. The lowest BCUT2D eigenvalue weighted by molar-refractivity contribution is -0.384. The predicted molar refractivity (Wildman–Crippen MR) is 95.7 cm³/mol. The molecule has 0 fully saturated rings. The summed E-state index contributed by atoms with van der Waals surface area (Å²) in [5, 5.41) is 12.7. The van der Waals surface area contributed by atoms with Gasteiger partial charge in [0.15, 0.2) is 0 Å². The fourth-order valence-corrected chi connectivity index (χ4v) is 2.52. The van der Waals surface area contributed by atoms with Gasteiger partial charge in [-0.2, -0.15) is 0 Å². The molecule has 6 heteroatoms. The van der Waals surface area contributed by atoms with Crippen LogP contribution in [-0.2, 0) is 0 Å². The molecule has 6 nitrogen and oxygen atoms in total. The van der Waals surface area contributed by atoms with Crippen LogP contribution in [0.5, 0.6) is 0 Å². The molecule has 0 aliphatic heterocycles. The summed E-state index contributed by atoms with van der Waals surface area (Å²) in [5.74, 6) is 6.18. The van der Waals surface area contributed by atoms with Crippen LogP contribution in [0.3, 0.4) is 0 Å². The number of hydrazine groups is 1. The van der Waals surface area contributed by atoms with Gasteiger partial charge in [0.1, 0.15) is 0 Å². The maximum absolute atomic E-state index is 11.2. The monoisotopic (exact) mass is 320 g/mol. The first kappa shape index (κ1) is 15.5. The van der Waals surface area contributed by atoms with Crippen LogP contribution >= 0.6 is 0 Å². The third kappa shape index (κ3) is 2.90. The number of nitrogens with zero attached hydrogens (tertiary/aromatic N) is 2. The molecule has 24 heavy (non-hydrogen) atoms. The minimum absolute atomic E-state index is 0.0384. The molecular formula is C18H16N4O2. The van der Waals surface area contributed by atoms with Gasteiger partial charge in [-0.15, -0.1) is 0 Å². The van der Waals surface area contributed by atoms with Crippen molar-refractivity contribution in [3.8, 4) is 11.1 Å². The molecule has 120 valence electrons. The molecule has 3 aromatic carbocycles. The van der Waals surface area contributed by atoms with Gasteiger partial charge in [-0.1, -0.05) is 36.4 Å². The first-order chi connectivity index (χ1) is 11.6. The van der Waals surface area contributed by atoms with Crippen LogP contribution in [0.1, 0.15) is 0 Å². The van der Waals surface area contributed by atoms with Crippen molar-refractivity contribution in [2.45, 2.75) is 0 Å². The van der Waals surface area contributed by atoms with E-state index in [4.69, 9.17) is 11.6 Å². The summed E-state index contributed by atoms with van der Waals surface area (Å²) in [7, 11) is 0. The SMILES string of the molecule is Nc1ccc(-c2ccccc2[N+](=O)[O-])cc1N(N)c1ccccc1. The van der Waals surface area contributed by atoms with Crippen molar-refractivity contribution in [3.63, 3.8) is 0 Å². The maximum Gasteiger partial charge on any atom is 0.277 e. The fraction of sp³-hybridized carbons (Fsp3) is 0. The number of nitro groups is 1. The van der Waals surface area contributed by atoms with E-state index in [0.29, 0.717) is 22.5 Å². The minimum atomic E-state index is -0.400. The zero-order valence-electron chi connectivity index (χ0n) is 12.8. The Morgan fingerprint density at radius 3 is 2.29 bits per heavy atom. The van der Waals surface area contributed by atoms with E-state index in [1.165, 1.54) is 11.1 Å². The Bertz CT molecular complexity index is 881. The molecule has 0 unspecified atom stereocenters. The lowest BCUT2D eigenvalue weighted by Gasteiger charge is -2.21.